The molecule has 3 aromatic heterocycles. The second-order valence-corrected chi connectivity index (χ2v) is 11.1. The molecule has 1 amide bonds. The van der Waals surface area contributed by atoms with Gasteiger partial charge in [0.1, 0.15) is 0 Å². The number of nitrogens with one attached hydrogen (secondary N) is 1. The number of fused-ring (bicyclic) bond motifs is 2. The first-order chi connectivity index (χ1) is 17.0. The van der Waals surface area contributed by atoms with Crippen LogP contribution in [0.2, 0.25) is 0 Å². The molecule has 0 saturated heterocycles. The van der Waals surface area contributed by atoms with Gasteiger partial charge < -0.3 is 11.1 Å². The van der Waals surface area contributed by atoms with Crippen molar-refractivity contribution >= 4 is 33.7 Å². The molecule has 1 aliphatic heterocycles. The number of nitrogens with zero attached hydrogens (tertiary/aromatic N) is 4. The number of pyridine rings is 3. The highest BCUT2D eigenvalue weighted by atomic mass is 32.2. The zero-order valence-corrected chi connectivity index (χ0v) is 20.7. The smallest absolute Gasteiger partial charge is 0.253 e. The number of aromatic nitrogens is 3. The Hall–Kier alpha value is -3.21. The van der Waals surface area contributed by atoms with E-state index < -0.39 is 28.6 Å². The molecule has 2 aliphatic rings. The van der Waals surface area contributed by atoms with Gasteiger partial charge >= 0.3 is 0 Å². The van der Waals surface area contributed by atoms with Crippen molar-refractivity contribution in [2.75, 3.05) is 0 Å². The summed E-state index contributed by atoms with van der Waals surface area (Å²) in [4.78, 5) is 29.6. The minimum absolute atomic E-state index is 0.00726. The summed E-state index contributed by atoms with van der Waals surface area (Å²) in [6, 6.07) is 5.11. The molecule has 7 nitrogen and oxygen atoms in total. The number of aliphatic imine (C=N–C) groups is 1. The summed E-state index contributed by atoms with van der Waals surface area (Å²) in [6.45, 7) is 5.39. The Morgan fingerprint density at radius 1 is 1.25 bits per heavy atom. The molecule has 3 aromatic rings. The van der Waals surface area contributed by atoms with Crippen molar-refractivity contribution in [1.82, 2.24) is 20.3 Å². The third-order valence-corrected chi connectivity index (χ3v) is 8.12. The molecule has 188 valence electrons. The number of amides is 1. The number of thioether (sulfide) groups is 1. The number of hydrogen-bond donors (Lipinski definition) is 2. The Balaban J connectivity index is 1.48. The molecule has 0 bridgehead atoms. The largest absolute Gasteiger partial charge is 0.378 e. The molecule has 0 radical (unpaired) electrons. The monoisotopic (exact) mass is 514 g/mol. The maximum absolute atomic E-state index is 15.0. The van der Waals surface area contributed by atoms with Crippen molar-refractivity contribution in [3.05, 3.63) is 65.1 Å². The summed E-state index contributed by atoms with van der Waals surface area (Å²) in [5.74, 6) is -1.53. The third kappa shape index (κ3) is 4.08. The number of carbonyl (C=O) groups excluding carboxylic acids is 1. The van der Waals surface area contributed by atoms with E-state index in [-0.39, 0.29) is 35.5 Å². The van der Waals surface area contributed by atoms with E-state index in [4.69, 9.17) is 5.73 Å². The van der Waals surface area contributed by atoms with E-state index >= 15 is 0 Å². The van der Waals surface area contributed by atoms with Crippen molar-refractivity contribution in [3.8, 4) is 0 Å². The summed E-state index contributed by atoms with van der Waals surface area (Å²) < 4.78 is 41.3. The van der Waals surface area contributed by atoms with Crippen molar-refractivity contribution in [3.63, 3.8) is 0 Å². The van der Waals surface area contributed by atoms with Gasteiger partial charge in [-0.25, -0.2) is 13.8 Å². The van der Waals surface area contributed by atoms with E-state index in [1.807, 2.05) is 13.8 Å². The number of nitrogens with two attached hydrogens (primary N) is 1. The van der Waals surface area contributed by atoms with Crippen LogP contribution in [0.15, 0.2) is 41.8 Å². The van der Waals surface area contributed by atoms with E-state index in [1.165, 1.54) is 12.4 Å². The lowest BCUT2D eigenvalue weighted by molar-refractivity contribution is 0.0943. The number of alkyl halides is 2. The molecule has 0 aromatic carbocycles. The van der Waals surface area contributed by atoms with Crippen molar-refractivity contribution < 1.29 is 18.0 Å². The van der Waals surface area contributed by atoms with Crippen molar-refractivity contribution in [2.45, 2.75) is 56.4 Å². The highest BCUT2D eigenvalue weighted by molar-refractivity contribution is 8.15. The van der Waals surface area contributed by atoms with Crippen LogP contribution in [0.4, 0.5) is 13.2 Å². The number of hydrogen-bond acceptors (Lipinski definition) is 7. The van der Waals surface area contributed by atoms with Crippen LogP contribution in [0.1, 0.15) is 54.4 Å². The first-order valence-electron chi connectivity index (χ1n) is 11.6. The van der Waals surface area contributed by atoms with Crippen molar-refractivity contribution in [1.29, 1.82) is 0 Å². The fourth-order valence-corrected chi connectivity index (χ4v) is 6.29. The number of amidine groups is 1. The first kappa shape index (κ1) is 24.5. The predicted octanol–water partition coefficient (Wildman–Crippen LogP) is 4.19. The quantitative estimate of drug-likeness (QED) is 0.478. The maximum Gasteiger partial charge on any atom is 0.253 e. The molecular weight excluding hydrogens is 489 g/mol. The van der Waals surface area contributed by atoms with Gasteiger partial charge in [-0.1, -0.05) is 11.8 Å². The molecule has 0 unspecified atom stereocenters. The molecule has 11 heteroatoms. The lowest BCUT2D eigenvalue weighted by Gasteiger charge is -2.33. The summed E-state index contributed by atoms with van der Waals surface area (Å²) in [7, 11) is 0. The normalized spacial score (nSPS) is 25.1. The van der Waals surface area contributed by atoms with Crippen LogP contribution in [0, 0.1) is 11.9 Å². The van der Waals surface area contributed by atoms with E-state index in [2.05, 4.69) is 25.3 Å². The van der Waals surface area contributed by atoms with Gasteiger partial charge in [0.2, 0.25) is 5.95 Å². The van der Waals surface area contributed by atoms with E-state index in [9.17, 15) is 18.0 Å². The number of rotatable bonds is 6. The molecule has 4 heterocycles. The second-order valence-electron chi connectivity index (χ2n) is 9.75. The average molecular weight is 515 g/mol. The molecule has 1 aliphatic carbocycles. The molecule has 36 heavy (non-hydrogen) atoms. The van der Waals surface area contributed by atoms with Crippen LogP contribution < -0.4 is 11.1 Å². The van der Waals surface area contributed by atoms with Gasteiger partial charge in [0.05, 0.1) is 27.1 Å². The van der Waals surface area contributed by atoms with Gasteiger partial charge in [-0.15, -0.1) is 0 Å². The number of halogens is 3. The third-order valence-electron chi connectivity index (χ3n) is 6.81. The van der Waals surface area contributed by atoms with Crippen LogP contribution in [0.25, 0.3) is 10.9 Å². The van der Waals surface area contributed by atoms with E-state index in [1.54, 1.807) is 31.3 Å². The fourth-order valence-electron chi connectivity index (χ4n) is 4.96. The minimum atomic E-state index is -2.60. The molecular formula is C25H25F3N6OS. The Kier molecular flexibility index (Phi) is 5.93. The van der Waals surface area contributed by atoms with Crippen LogP contribution in [0.5, 0.6) is 0 Å². The van der Waals surface area contributed by atoms with Crippen molar-refractivity contribution in [2.24, 2.45) is 16.6 Å². The molecule has 0 spiro atoms. The Morgan fingerprint density at radius 3 is 2.75 bits per heavy atom. The Labute approximate surface area is 210 Å². The SMILES string of the molecule is CC(C)NC(=O)c1cnc2c(Cc3cnc(F)c([C@@]4(C)N=C(N)S[C@@]5(C(F)F)C[C@@H]45)c3)nccc2c1. The zero-order chi connectivity index (χ0) is 25.8. The molecule has 3 atom stereocenters. The van der Waals surface area contributed by atoms with Gasteiger partial charge in [-0.3, -0.25) is 19.8 Å². The highest BCUT2D eigenvalue weighted by Crippen LogP contribution is 2.68. The Bertz CT molecular complexity index is 1400. The van der Waals surface area contributed by atoms with Crippen LogP contribution in [-0.4, -0.2) is 43.2 Å². The average Bonchev–Trinajstić information content (AvgIpc) is 3.57. The minimum Gasteiger partial charge on any atom is -0.378 e. The van der Waals surface area contributed by atoms with E-state index in [0.717, 1.165) is 17.1 Å². The van der Waals surface area contributed by atoms with Crippen LogP contribution >= 0.6 is 11.8 Å². The number of carbonyl (C=O) groups is 1. The second kappa shape index (κ2) is 8.72. The summed E-state index contributed by atoms with van der Waals surface area (Å²) in [5, 5.41) is 3.60. The van der Waals surface area contributed by atoms with Crippen LogP contribution in [-0.2, 0) is 12.0 Å². The van der Waals surface area contributed by atoms with Gasteiger partial charge in [-0.2, -0.15) is 4.39 Å². The lowest BCUT2D eigenvalue weighted by Crippen LogP contribution is -2.39. The Morgan fingerprint density at radius 2 is 2.03 bits per heavy atom. The summed E-state index contributed by atoms with van der Waals surface area (Å²) >= 11 is 0.876. The zero-order valence-electron chi connectivity index (χ0n) is 19.9. The van der Waals surface area contributed by atoms with E-state index in [0.29, 0.717) is 22.3 Å². The molecule has 5 rings (SSSR count). The van der Waals surface area contributed by atoms with Gasteiger partial charge in [0.15, 0.2) is 5.17 Å². The van der Waals surface area contributed by atoms with Gasteiger partial charge in [0, 0.05) is 47.9 Å². The molecule has 3 N–H and O–H groups in total. The fraction of sp³-hybridized carbons (Fsp3) is 0.400. The maximum atomic E-state index is 15.0. The van der Waals surface area contributed by atoms with Crippen LogP contribution in [0.3, 0.4) is 0 Å². The lowest BCUT2D eigenvalue weighted by atomic mass is 9.86. The topological polar surface area (TPSA) is 106 Å². The molecule has 1 fully saturated rings. The highest BCUT2D eigenvalue weighted by Gasteiger charge is 2.71. The summed E-state index contributed by atoms with van der Waals surface area (Å²) in [6.07, 6.45) is 2.38. The van der Waals surface area contributed by atoms with Gasteiger partial charge in [0.25, 0.3) is 12.3 Å². The standard InChI is InChI=1S/C25H25F3N6OS/c1-12(2)33-21(35)15-8-14-4-5-30-17(19(14)31-11-15)7-13-6-16(20(26)32-10-13)24(3)18-9-25(18,22(27)28)36-23(29)34-24/h4-6,8,10-12,18,22H,7,9H2,1-3H3,(H2,29,34)(H,33,35)/t18-,24+,25-/m0/s1. The predicted molar refractivity (Wildman–Crippen MR) is 133 cm³/mol. The van der Waals surface area contributed by atoms with Gasteiger partial charge in [-0.05, 0) is 51.0 Å². The summed E-state index contributed by atoms with van der Waals surface area (Å²) in [5.41, 5.74) is 7.08. The molecule has 1 saturated carbocycles. The first-order valence-corrected chi connectivity index (χ1v) is 12.4.